The van der Waals surface area contributed by atoms with E-state index in [2.05, 4.69) is 6.92 Å². The molecule has 6 bridgehead atoms. The van der Waals surface area contributed by atoms with Crippen molar-refractivity contribution < 1.29 is 48.3 Å². The summed E-state index contributed by atoms with van der Waals surface area (Å²) in [5.41, 5.74) is 0. The molecule has 0 amide bonds. The molecular formula is C29H38O10. The summed E-state index contributed by atoms with van der Waals surface area (Å²) in [6.07, 6.45) is 1.25. The summed E-state index contributed by atoms with van der Waals surface area (Å²) < 4.78 is 22.8. The van der Waals surface area contributed by atoms with E-state index in [9.17, 15) is 29.4 Å². The van der Waals surface area contributed by atoms with Crippen LogP contribution in [0, 0.1) is 88.8 Å². The third kappa shape index (κ3) is 3.19. The molecule has 4 aliphatic carbocycles. The molecular weight excluding hydrogens is 508 g/mol. The van der Waals surface area contributed by atoms with Gasteiger partial charge in [-0.05, 0) is 78.4 Å². The molecule has 10 nitrogen and oxygen atoms in total. The molecule has 0 aromatic rings. The van der Waals surface area contributed by atoms with Crippen LogP contribution in [0.1, 0.15) is 33.1 Å². The summed E-state index contributed by atoms with van der Waals surface area (Å²) in [4.78, 5) is 49.9. The zero-order valence-corrected chi connectivity index (χ0v) is 22.7. The van der Waals surface area contributed by atoms with Gasteiger partial charge >= 0.3 is 23.9 Å². The maximum Gasteiger partial charge on any atom is 0.317 e. The Labute approximate surface area is 227 Å². The molecule has 4 saturated carbocycles. The van der Waals surface area contributed by atoms with Crippen LogP contribution in [0.4, 0.5) is 0 Å². The van der Waals surface area contributed by atoms with E-state index in [4.69, 9.17) is 18.9 Å². The first-order valence-corrected chi connectivity index (χ1v) is 14.5. The molecule has 0 radical (unpaired) electrons. The number of esters is 2. The van der Waals surface area contributed by atoms with Crippen molar-refractivity contribution in [1.82, 2.24) is 0 Å². The van der Waals surface area contributed by atoms with Crippen LogP contribution in [-0.2, 0) is 38.1 Å². The first kappa shape index (κ1) is 25.9. The van der Waals surface area contributed by atoms with Crippen molar-refractivity contribution in [2.75, 3.05) is 14.2 Å². The molecule has 39 heavy (non-hydrogen) atoms. The van der Waals surface area contributed by atoms with Crippen LogP contribution in [0.15, 0.2) is 0 Å². The third-order valence-electron chi connectivity index (χ3n) is 12.7. The molecule has 2 N–H and O–H groups in total. The minimum atomic E-state index is -1.09. The summed E-state index contributed by atoms with van der Waals surface area (Å²) in [5.74, 6) is -4.17. The lowest BCUT2D eigenvalue weighted by Crippen LogP contribution is -2.53. The van der Waals surface area contributed by atoms with Crippen molar-refractivity contribution in [3.63, 3.8) is 0 Å². The molecule has 7 aliphatic rings. The van der Waals surface area contributed by atoms with Gasteiger partial charge in [0.1, 0.15) is 0 Å². The van der Waals surface area contributed by atoms with Crippen molar-refractivity contribution in [1.29, 1.82) is 0 Å². The second kappa shape index (κ2) is 8.73. The summed E-state index contributed by atoms with van der Waals surface area (Å²) >= 11 is 0. The average Bonchev–Trinajstić information content (AvgIpc) is 3.71. The number of hydrogen-bond donors (Lipinski definition) is 2. The number of fused-ring (bicyclic) bond motifs is 11. The molecule has 3 heterocycles. The zero-order valence-electron chi connectivity index (χ0n) is 22.7. The van der Waals surface area contributed by atoms with Gasteiger partial charge in [0, 0.05) is 20.1 Å². The quantitative estimate of drug-likeness (QED) is 0.277. The van der Waals surface area contributed by atoms with Gasteiger partial charge in [-0.15, -0.1) is 0 Å². The molecule has 17 unspecified atom stereocenters. The normalized spacial score (nSPS) is 54.6. The molecule has 17 atom stereocenters. The maximum atomic E-state index is 13.1. The van der Waals surface area contributed by atoms with Gasteiger partial charge in [-0.25, -0.2) is 0 Å². The van der Waals surface area contributed by atoms with Crippen molar-refractivity contribution in [2.24, 2.45) is 88.8 Å². The minimum absolute atomic E-state index is 0.00589. The first-order valence-electron chi connectivity index (χ1n) is 14.5. The van der Waals surface area contributed by atoms with Gasteiger partial charge in [0.05, 0.1) is 35.9 Å². The van der Waals surface area contributed by atoms with Crippen molar-refractivity contribution in [3.8, 4) is 0 Å². The van der Waals surface area contributed by atoms with Gasteiger partial charge in [0.2, 0.25) is 0 Å². The SMILES string of the molecule is COC(OC)C1CC2CC1C(C1C(C)C3CC1C1C4OC(C(C(=O)O)C4C(=O)O)C31)C2C1C(=O)OC(=O)C1C. The van der Waals surface area contributed by atoms with Gasteiger partial charge in [0.15, 0.2) is 6.29 Å². The topological polar surface area (TPSA) is 146 Å². The van der Waals surface area contributed by atoms with Gasteiger partial charge in [0.25, 0.3) is 0 Å². The van der Waals surface area contributed by atoms with Crippen LogP contribution < -0.4 is 0 Å². The number of cyclic esters (lactones) is 2. The molecule has 10 heteroatoms. The van der Waals surface area contributed by atoms with E-state index in [0.717, 1.165) is 19.3 Å². The van der Waals surface area contributed by atoms with Crippen LogP contribution in [-0.4, -0.2) is 66.8 Å². The fourth-order valence-corrected chi connectivity index (χ4v) is 11.9. The van der Waals surface area contributed by atoms with E-state index in [1.54, 1.807) is 21.1 Å². The molecule has 0 aromatic carbocycles. The van der Waals surface area contributed by atoms with Gasteiger partial charge < -0.3 is 29.2 Å². The summed E-state index contributed by atoms with van der Waals surface area (Å²) in [6.45, 7) is 4.06. The van der Waals surface area contributed by atoms with Crippen molar-refractivity contribution in [3.05, 3.63) is 0 Å². The Morgan fingerprint density at radius 2 is 1.41 bits per heavy atom. The highest BCUT2D eigenvalue weighted by atomic mass is 16.7. The Hall–Kier alpha value is -2.04. The number of carboxylic acids is 2. The van der Waals surface area contributed by atoms with Crippen molar-refractivity contribution >= 4 is 23.9 Å². The smallest absolute Gasteiger partial charge is 0.317 e. The van der Waals surface area contributed by atoms with Crippen LogP contribution in [0.5, 0.6) is 0 Å². The molecule has 0 spiro atoms. The summed E-state index contributed by atoms with van der Waals surface area (Å²) in [5, 5.41) is 19.9. The van der Waals surface area contributed by atoms with E-state index in [1.165, 1.54) is 0 Å². The largest absolute Gasteiger partial charge is 0.481 e. The standard InChI is InChI=1S/C29H38O10/c1-8-11-7-14(20-19(11)23-21(25(30)31)22(26(32)33)24(20)38-23)15(8)18-12-5-10(6-13(12)29(36-3)37-4)17(18)16-9(2)27(34)39-28(16)35/h8-24,29H,5-7H2,1-4H3,(H,30,31)(H,32,33). The minimum Gasteiger partial charge on any atom is -0.481 e. The second-order valence-electron chi connectivity index (χ2n) is 13.6. The Kier molecular flexibility index (Phi) is 5.80. The highest BCUT2D eigenvalue weighted by molar-refractivity contribution is 5.96. The number of carbonyl (C=O) groups is 4. The number of rotatable bonds is 7. The van der Waals surface area contributed by atoms with E-state index in [1.807, 2.05) is 0 Å². The summed E-state index contributed by atoms with van der Waals surface area (Å²) in [6, 6.07) is 0. The van der Waals surface area contributed by atoms with Gasteiger partial charge in [-0.2, -0.15) is 0 Å². The predicted octanol–water partition coefficient (Wildman–Crippen LogP) is 2.15. The van der Waals surface area contributed by atoms with Crippen LogP contribution in [0.3, 0.4) is 0 Å². The monoisotopic (exact) mass is 546 g/mol. The molecule has 214 valence electrons. The van der Waals surface area contributed by atoms with Gasteiger partial charge in [-0.1, -0.05) is 13.8 Å². The second-order valence-corrected chi connectivity index (χ2v) is 13.6. The zero-order chi connectivity index (χ0) is 27.7. The van der Waals surface area contributed by atoms with E-state index in [-0.39, 0.29) is 71.4 Å². The molecule has 7 fully saturated rings. The molecule has 0 aromatic heterocycles. The Morgan fingerprint density at radius 1 is 0.795 bits per heavy atom. The lowest BCUT2D eigenvalue weighted by atomic mass is 9.53. The number of aliphatic carboxylic acids is 2. The van der Waals surface area contributed by atoms with Crippen molar-refractivity contribution in [2.45, 2.75) is 51.6 Å². The number of hydrogen-bond acceptors (Lipinski definition) is 8. The fourth-order valence-electron chi connectivity index (χ4n) is 11.9. The average molecular weight is 547 g/mol. The van der Waals surface area contributed by atoms with E-state index < -0.39 is 59.8 Å². The lowest BCUT2D eigenvalue weighted by Gasteiger charge is -2.50. The molecule has 3 aliphatic heterocycles. The highest BCUT2D eigenvalue weighted by Gasteiger charge is 2.75. The van der Waals surface area contributed by atoms with Crippen LogP contribution in [0.25, 0.3) is 0 Å². The molecule has 7 rings (SSSR count). The Morgan fingerprint density at radius 3 is 1.95 bits per heavy atom. The number of ether oxygens (including phenoxy) is 4. The highest BCUT2D eigenvalue weighted by Crippen LogP contribution is 2.73. The van der Waals surface area contributed by atoms with E-state index in [0.29, 0.717) is 0 Å². The number of carboxylic acid groups (broad SMARTS) is 2. The first-order chi connectivity index (χ1) is 18.6. The third-order valence-corrected chi connectivity index (χ3v) is 12.7. The summed E-state index contributed by atoms with van der Waals surface area (Å²) in [7, 11) is 3.31. The Balaban J connectivity index is 1.26. The van der Waals surface area contributed by atoms with Gasteiger partial charge in [-0.3, -0.25) is 19.2 Å². The maximum absolute atomic E-state index is 13.1. The van der Waals surface area contributed by atoms with Crippen LogP contribution >= 0.6 is 0 Å². The van der Waals surface area contributed by atoms with Crippen LogP contribution in [0.2, 0.25) is 0 Å². The number of carbonyl (C=O) groups excluding carboxylic acids is 2. The number of methoxy groups -OCH3 is 2. The fraction of sp³-hybridized carbons (Fsp3) is 0.862. The predicted molar refractivity (Wildman–Crippen MR) is 130 cm³/mol. The van der Waals surface area contributed by atoms with E-state index >= 15 is 0 Å². The lowest BCUT2D eigenvalue weighted by molar-refractivity contribution is -0.168. The Bertz CT molecular complexity index is 1100. The molecule has 3 saturated heterocycles.